The molecule has 0 amide bonds. The van der Waals surface area contributed by atoms with E-state index in [1.807, 2.05) is 7.05 Å². The number of likely N-dealkylation sites (N-methyl/N-ethyl adjacent to an activating group) is 2. The Morgan fingerprint density at radius 2 is 1.82 bits per heavy atom. The van der Waals surface area contributed by atoms with Crippen molar-refractivity contribution in [2.24, 2.45) is 5.92 Å². The van der Waals surface area contributed by atoms with Gasteiger partial charge in [-0.1, -0.05) is 13.8 Å². The average molecular weight is 158 g/mol. The molecule has 11 heavy (non-hydrogen) atoms. The highest BCUT2D eigenvalue weighted by molar-refractivity contribution is 4.68. The Hall–Kier alpha value is -0.0800. The Morgan fingerprint density at radius 1 is 1.27 bits per heavy atom. The minimum atomic E-state index is 0.644. The summed E-state index contributed by atoms with van der Waals surface area (Å²) in [5.74, 6) is 0.785. The van der Waals surface area contributed by atoms with E-state index in [9.17, 15) is 0 Å². The van der Waals surface area contributed by atoms with Crippen molar-refractivity contribution in [3.8, 4) is 0 Å². The van der Waals surface area contributed by atoms with Crippen LogP contribution >= 0.6 is 0 Å². The zero-order valence-electron chi connectivity index (χ0n) is 8.52. The molecule has 0 aromatic carbocycles. The van der Waals surface area contributed by atoms with Crippen LogP contribution in [-0.4, -0.2) is 38.6 Å². The van der Waals surface area contributed by atoms with Gasteiger partial charge in [0.05, 0.1) is 0 Å². The Labute approximate surface area is 71.0 Å². The lowest BCUT2D eigenvalue weighted by Crippen LogP contribution is -2.36. The Balaban J connectivity index is 3.58. The fourth-order valence-corrected chi connectivity index (χ4v) is 1.29. The zero-order valence-corrected chi connectivity index (χ0v) is 8.52. The lowest BCUT2D eigenvalue weighted by Gasteiger charge is -2.21. The van der Waals surface area contributed by atoms with Crippen LogP contribution in [0.3, 0.4) is 0 Å². The van der Waals surface area contributed by atoms with Crippen LogP contribution in [0.25, 0.3) is 0 Å². The van der Waals surface area contributed by atoms with Crippen molar-refractivity contribution in [1.29, 1.82) is 0 Å². The predicted octanol–water partition coefficient (Wildman–Crippen LogP) is 1.18. The highest BCUT2D eigenvalue weighted by Gasteiger charge is 2.08. The summed E-state index contributed by atoms with van der Waals surface area (Å²) < 4.78 is 0. The van der Waals surface area contributed by atoms with Crippen molar-refractivity contribution in [2.75, 3.05) is 27.7 Å². The van der Waals surface area contributed by atoms with Gasteiger partial charge in [0.15, 0.2) is 0 Å². The van der Waals surface area contributed by atoms with E-state index >= 15 is 0 Å². The maximum absolute atomic E-state index is 3.32. The van der Waals surface area contributed by atoms with Crippen LogP contribution < -0.4 is 5.32 Å². The molecule has 2 nitrogen and oxygen atoms in total. The van der Waals surface area contributed by atoms with Crippen LogP contribution in [0, 0.1) is 5.92 Å². The summed E-state index contributed by atoms with van der Waals surface area (Å²) in [5, 5.41) is 3.32. The van der Waals surface area contributed by atoms with Gasteiger partial charge < -0.3 is 10.2 Å². The van der Waals surface area contributed by atoms with E-state index in [1.165, 1.54) is 6.42 Å². The smallest absolute Gasteiger partial charge is 0.0194 e. The van der Waals surface area contributed by atoms with E-state index < -0.39 is 0 Å². The maximum Gasteiger partial charge on any atom is 0.0194 e. The molecule has 0 aromatic rings. The molecule has 0 saturated heterocycles. The van der Waals surface area contributed by atoms with E-state index in [2.05, 4.69) is 38.2 Å². The second kappa shape index (κ2) is 5.56. The van der Waals surface area contributed by atoms with Crippen LogP contribution in [0.15, 0.2) is 0 Å². The molecular formula is C9H22N2. The van der Waals surface area contributed by atoms with Crippen LogP contribution in [-0.2, 0) is 0 Å². The first-order chi connectivity index (χ1) is 5.06. The van der Waals surface area contributed by atoms with E-state index in [0.717, 1.165) is 12.5 Å². The maximum atomic E-state index is 3.32. The van der Waals surface area contributed by atoms with Crippen molar-refractivity contribution >= 4 is 0 Å². The number of hydrogen-bond donors (Lipinski definition) is 1. The van der Waals surface area contributed by atoms with E-state index in [-0.39, 0.29) is 0 Å². The zero-order chi connectivity index (χ0) is 8.85. The molecule has 0 aliphatic heterocycles. The molecular weight excluding hydrogens is 136 g/mol. The summed E-state index contributed by atoms with van der Waals surface area (Å²) in [4.78, 5) is 2.23. The number of nitrogens with zero attached hydrogens (tertiary/aromatic N) is 1. The largest absolute Gasteiger partial charge is 0.316 e. The standard InChI is InChI=1S/C9H22N2/c1-8(2)6-9(10-3)7-11(4)5/h8-10H,6-7H2,1-5H3/t9-/m1/s1. The molecule has 1 atom stereocenters. The fraction of sp³-hybridized carbons (Fsp3) is 1.00. The summed E-state index contributed by atoms with van der Waals surface area (Å²) >= 11 is 0. The van der Waals surface area contributed by atoms with Crippen molar-refractivity contribution < 1.29 is 0 Å². The Morgan fingerprint density at radius 3 is 2.09 bits per heavy atom. The van der Waals surface area contributed by atoms with Crippen LogP contribution in [0.4, 0.5) is 0 Å². The number of nitrogens with one attached hydrogen (secondary N) is 1. The highest BCUT2D eigenvalue weighted by atomic mass is 15.1. The third-order valence-electron chi connectivity index (χ3n) is 1.75. The van der Waals surface area contributed by atoms with Gasteiger partial charge in [-0.25, -0.2) is 0 Å². The van der Waals surface area contributed by atoms with Gasteiger partial charge in [-0.3, -0.25) is 0 Å². The first-order valence-electron chi connectivity index (χ1n) is 4.38. The lowest BCUT2D eigenvalue weighted by atomic mass is 10.0. The minimum Gasteiger partial charge on any atom is -0.316 e. The molecule has 0 radical (unpaired) electrons. The van der Waals surface area contributed by atoms with Crippen LogP contribution in [0.2, 0.25) is 0 Å². The molecule has 1 N–H and O–H groups in total. The average Bonchev–Trinajstić information content (AvgIpc) is 1.84. The predicted molar refractivity (Wildman–Crippen MR) is 50.9 cm³/mol. The van der Waals surface area contributed by atoms with E-state index in [4.69, 9.17) is 0 Å². The quantitative estimate of drug-likeness (QED) is 0.646. The van der Waals surface area contributed by atoms with E-state index in [1.54, 1.807) is 0 Å². The molecule has 0 aliphatic rings. The molecule has 0 saturated carbocycles. The van der Waals surface area contributed by atoms with Crippen LogP contribution in [0.1, 0.15) is 20.3 Å². The lowest BCUT2D eigenvalue weighted by molar-refractivity contribution is 0.317. The first kappa shape index (κ1) is 10.9. The molecule has 0 aromatic heterocycles. The molecule has 0 unspecified atom stereocenters. The fourth-order valence-electron chi connectivity index (χ4n) is 1.29. The van der Waals surface area contributed by atoms with Gasteiger partial charge in [0.1, 0.15) is 0 Å². The molecule has 0 fully saturated rings. The summed E-state index contributed by atoms with van der Waals surface area (Å²) in [6.07, 6.45) is 1.26. The molecule has 0 bridgehead atoms. The normalized spacial score (nSPS) is 14.5. The van der Waals surface area contributed by atoms with Gasteiger partial charge in [-0.15, -0.1) is 0 Å². The molecule has 68 valence electrons. The second-order valence-corrected chi connectivity index (χ2v) is 3.88. The van der Waals surface area contributed by atoms with Gasteiger partial charge in [0, 0.05) is 12.6 Å². The second-order valence-electron chi connectivity index (χ2n) is 3.88. The third-order valence-corrected chi connectivity index (χ3v) is 1.75. The van der Waals surface area contributed by atoms with Crippen molar-refractivity contribution in [1.82, 2.24) is 10.2 Å². The van der Waals surface area contributed by atoms with Crippen LogP contribution in [0.5, 0.6) is 0 Å². The van der Waals surface area contributed by atoms with Gasteiger partial charge >= 0.3 is 0 Å². The Kier molecular flexibility index (Phi) is 5.51. The number of rotatable bonds is 5. The van der Waals surface area contributed by atoms with Crippen molar-refractivity contribution in [2.45, 2.75) is 26.3 Å². The monoisotopic (exact) mass is 158 g/mol. The van der Waals surface area contributed by atoms with Crippen molar-refractivity contribution in [3.05, 3.63) is 0 Å². The Bertz CT molecular complexity index is 79.6. The molecule has 0 spiro atoms. The summed E-state index contributed by atoms with van der Waals surface area (Å²) in [7, 11) is 6.27. The van der Waals surface area contributed by atoms with Gasteiger partial charge in [-0.05, 0) is 33.5 Å². The minimum absolute atomic E-state index is 0.644. The van der Waals surface area contributed by atoms with Gasteiger partial charge in [-0.2, -0.15) is 0 Å². The highest BCUT2D eigenvalue weighted by Crippen LogP contribution is 2.04. The van der Waals surface area contributed by atoms with Crippen molar-refractivity contribution in [3.63, 3.8) is 0 Å². The molecule has 2 heteroatoms. The summed E-state index contributed by atoms with van der Waals surface area (Å²) in [6, 6.07) is 0.644. The third kappa shape index (κ3) is 6.32. The van der Waals surface area contributed by atoms with Gasteiger partial charge in [0.2, 0.25) is 0 Å². The SMILES string of the molecule is CN[C@H](CC(C)C)CN(C)C. The molecule has 0 heterocycles. The summed E-state index contributed by atoms with van der Waals surface area (Å²) in [5.41, 5.74) is 0. The van der Waals surface area contributed by atoms with Gasteiger partial charge in [0.25, 0.3) is 0 Å². The topological polar surface area (TPSA) is 15.3 Å². The number of hydrogen-bond acceptors (Lipinski definition) is 2. The summed E-state index contributed by atoms with van der Waals surface area (Å²) in [6.45, 7) is 5.66. The molecule has 0 aliphatic carbocycles. The first-order valence-corrected chi connectivity index (χ1v) is 4.38. The molecule has 0 rings (SSSR count). The van der Waals surface area contributed by atoms with E-state index in [0.29, 0.717) is 6.04 Å².